The van der Waals surface area contributed by atoms with Crippen LogP contribution < -0.4 is 10.6 Å². The molecule has 0 spiro atoms. The van der Waals surface area contributed by atoms with Crippen LogP contribution in [0.2, 0.25) is 0 Å². The number of nitrogens with one attached hydrogen (secondary N) is 2. The van der Waals surface area contributed by atoms with Gasteiger partial charge in [0.1, 0.15) is 0 Å². The number of aryl methyl sites for hydroxylation is 1. The third-order valence-electron chi connectivity index (χ3n) is 4.17. The zero-order chi connectivity index (χ0) is 12.4. The molecule has 2 N–H and O–H groups in total. The summed E-state index contributed by atoms with van der Waals surface area (Å²) in [5.41, 5.74) is 3.04. The highest BCUT2D eigenvalue weighted by atomic mass is 32.2. The van der Waals surface area contributed by atoms with E-state index in [1.807, 2.05) is 11.8 Å². The van der Waals surface area contributed by atoms with Crippen molar-refractivity contribution in [3.8, 4) is 0 Å². The summed E-state index contributed by atoms with van der Waals surface area (Å²) in [6.45, 7) is 2.32. The average molecular weight is 262 g/mol. The molecule has 2 nitrogen and oxygen atoms in total. The van der Waals surface area contributed by atoms with Gasteiger partial charge in [0.05, 0.1) is 0 Å². The molecule has 2 atom stereocenters. The normalized spacial score (nSPS) is 24.8. The van der Waals surface area contributed by atoms with Gasteiger partial charge >= 0.3 is 0 Å². The molecule has 3 heteroatoms. The van der Waals surface area contributed by atoms with Gasteiger partial charge in [-0.15, -0.1) is 11.8 Å². The molecule has 2 aliphatic rings. The molecule has 1 aromatic rings. The summed E-state index contributed by atoms with van der Waals surface area (Å²) < 4.78 is 0. The minimum Gasteiger partial charge on any atom is -0.316 e. The smallest absolute Gasteiger partial charge is 0.0358 e. The molecule has 3 rings (SSSR count). The molecule has 18 heavy (non-hydrogen) atoms. The van der Waals surface area contributed by atoms with Crippen molar-refractivity contribution in [1.82, 2.24) is 10.6 Å². The van der Waals surface area contributed by atoms with Crippen LogP contribution in [0.3, 0.4) is 0 Å². The van der Waals surface area contributed by atoms with Gasteiger partial charge in [0.15, 0.2) is 0 Å². The van der Waals surface area contributed by atoms with Crippen LogP contribution in [0.5, 0.6) is 0 Å². The second-order valence-electron chi connectivity index (χ2n) is 5.34. The van der Waals surface area contributed by atoms with Crippen molar-refractivity contribution < 1.29 is 0 Å². The van der Waals surface area contributed by atoms with Gasteiger partial charge in [-0.05, 0) is 68.3 Å². The van der Waals surface area contributed by atoms with Crippen LogP contribution in [0.25, 0.3) is 0 Å². The van der Waals surface area contributed by atoms with E-state index >= 15 is 0 Å². The predicted octanol–water partition coefficient (Wildman–Crippen LogP) is 2.59. The summed E-state index contributed by atoms with van der Waals surface area (Å²) in [6, 6.07) is 7.62. The summed E-state index contributed by atoms with van der Waals surface area (Å²) in [7, 11) is 2.09. The van der Waals surface area contributed by atoms with Crippen LogP contribution in [0.15, 0.2) is 23.1 Å². The minimum atomic E-state index is 0.511. The van der Waals surface area contributed by atoms with Gasteiger partial charge in [0.2, 0.25) is 0 Å². The Hall–Kier alpha value is -0.510. The van der Waals surface area contributed by atoms with Crippen LogP contribution in [0.1, 0.15) is 30.0 Å². The molecule has 2 aliphatic heterocycles. The van der Waals surface area contributed by atoms with E-state index in [2.05, 4.69) is 35.9 Å². The summed E-state index contributed by atoms with van der Waals surface area (Å²) in [5.74, 6) is 2.03. The molecule has 98 valence electrons. The average Bonchev–Trinajstić information content (AvgIpc) is 2.93. The molecule has 1 fully saturated rings. The van der Waals surface area contributed by atoms with E-state index in [0.29, 0.717) is 6.04 Å². The lowest BCUT2D eigenvalue weighted by Crippen LogP contribution is -2.27. The summed E-state index contributed by atoms with van der Waals surface area (Å²) in [4.78, 5) is 1.50. The molecular formula is C15H22N2S. The van der Waals surface area contributed by atoms with E-state index in [-0.39, 0.29) is 0 Å². The van der Waals surface area contributed by atoms with Crippen molar-refractivity contribution in [3.63, 3.8) is 0 Å². The second kappa shape index (κ2) is 5.64. The number of rotatable bonds is 3. The molecule has 1 saturated heterocycles. The van der Waals surface area contributed by atoms with Gasteiger partial charge in [0, 0.05) is 10.9 Å². The first kappa shape index (κ1) is 12.5. The summed E-state index contributed by atoms with van der Waals surface area (Å²) in [6.07, 6.45) is 3.88. The molecule has 2 unspecified atom stereocenters. The molecule has 0 radical (unpaired) electrons. The fourth-order valence-corrected chi connectivity index (χ4v) is 4.23. The zero-order valence-corrected chi connectivity index (χ0v) is 11.9. The first-order valence-corrected chi connectivity index (χ1v) is 8.00. The van der Waals surface area contributed by atoms with Crippen molar-refractivity contribution in [2.75, 3.05) is 25.9 Å². The molecule has 0 amide bonds. The third-order valence-corrected chi connectivity index (χ3v) is 5.37. The molecule has 1 aromatic carbocycles. The van der Waals surface area contributed by atoms with Crippen molar-refractivity contribution in [2.45, 2.75) is 30.2 Å². The van der Waals surface area contributed by atoms with Crippen molar-refractivity contribution in [3.05, 3.63) is 29.3 Å². The first-order chi connectivity index (χ1) is 8.88. The number of benzene rings is 1. The maximum atomic E-state index is 3.52. The summed E-state index contributed by atoms with van der Waals surface area (Å²) >= 11 is 2.02. The van der Waals surface area contributed by atoms with E-state index in [0.717, 1.165) is 12.5 Å². The molecule has 0 aliphatic carbocycles. The Bertz CT molecular complexity index is 413. The Labute approximate surface area is 114 Å². The SMILES string of the molecule is CNC(c1ccc2c(c1)CCCS2)C1CCNC1. The van der Waals surface area contributed by atoms with Gasteiger partial charge in [-0.2, -0.15) is 0 Å². The lowest BCUT2D eigenvalue weighted by Gasteiger charge is -2.25. The Morgan fingerprint density at radius 1 is 1.44 bits per heavy atom. The first-order valence-electron chi connectivity index (χ1n) is 7.02. The Morgan fingerprint density at radius 2 is 2.39 bits per heavy atom. The van der Waals surface area contributed by atoms with Gasteiger partial charge in [-0.25, -0.2) is 0 Å². The van der Waals surface area contributed by atoms with Crippen molar-refractivity contribution >= 4 is 11.8 Å². The van der Waals surface area contributed by atoms with Crippen LogP contribution in [0.4, 0.5) is 0 Å². The lowest BCUT2D eigenvalue weighted by molar-refractivity contribution is 0.410. The van der Waals surface area contributed by atoms with E-state index in [4.69, 9.17) is 0 Å². The standard InChI is InChI=1S/C15H22N2S/c1-16-15(13-6-7-17-10-13)12-4-5-14-11(9-12)3-2-8-18-14/h4-5,9,13,15-17H,2-3,6-8,10H2,1H3. The largest absolute Gasteiger partial charge is 0.316 e. The zero-order valence-electron chi connectivity index (χ0n) is 11.0. The molecule has 2 heterocycles. The van der Waals surface area contributed by atoms with Gasteiger partial charge in [-0.1, -0.05) is 12.1 Å². The van der Waals surface area contributed by atoms with Gasteiger partial charge in [-0.3, -0.25) is 0 Å². The maximum Gasteiger partial charge on any atom is 0.0358 e. The Kier molecular flexibility index (Phi) is 3.92. The monoisotopic (exact) mass is 262 g/mol. The fourth-order valence-electron chi connectivity index (χ4n) is 3.21. The van der Waals surface area contributed by atoms with E-state index in [1.54, 1.807) is 5.56 Å². The van der Waals surface area contributed by atoms with Crippen LogP contribution >= 0.6 is 11.8 Å². The van der Waals surface area contributed by atoms with E-state index < -0.39 is 0 Å². The molecule has 0 aromatic heterocycles. The lowest BCUT2D eigenvalue weighted by atomic mass is 9.91. The van der Waals surface area contributed by atoms with E-state index in [9.17, 15) is 0 Å². The highest BCUT2D eigenvalue weighted by molar-refractivity contribution is 7.99. The number of hydrogen-bond acceptors (Lipinski definition) is 3. The van der Waals surface area contributed by atoms with Gasteiger partial charge < -0.3 is 10.6 Å². The number of hydrogen-bond donors (Lipinski definition) is 2. The minimum absolute atomic E-state index is 0.511. The van der Waals surface area contributed by atoms with Crippen molar-refractivity contribution in [2.24, 2.45) is 5.92 Å². The van der Waals surface area contributed by atoms with Crippen LogP contribution in [-0.2, 0) is 6.42 Å². The third kappa shape index (κ3) is 2.44. The highest BCUT2D eigenvalue weighted by Crippen LogP contribution is 2.34. The number of fused-ring (bicyclic) bond motifs is 1. The summed E-state index contributed by atoms with van der Waals surface area (Å²) in [5, 5.41) is 7.00. The number of thioether (sulfide) groups is 1. The van der Waals surface area contributed by atoms with E-state index in [1.165, 1.54) is 42.0 Å². The van der Waals surface area contributed by atoms with Crippen LogP contribution in [0, 0.1) is 5.92 Å². The topological polar surface area (TPSA) is 24.1 Å². The highest BCUT2D eigenvalue weighted by Gasteiger charge is 2.25. The van der Waals surface area contributed by atoms with Crippen LogP contribution in [-0.4, -0.2) is 25.9 Å². The predicted molar refractivity (Wildman–Crippen MR) is 78.3 cm³/mol. The quantitative estimate of drug-likeness (QED) is 0.875. The second-order valence-corrected chi connectivity index (χ2v) is 6.48. The Balaban J connectivity index is 1.85. The maximum absolute atomic E-state index is 3.52. The molecule has 0 saturated carbocycles. The molecular weight excluding hydrogens is 240 g/mol. The molecule has 0 bridgehead atoms. The Morgan fingerprint density at radius 3 is 3.17 bits per heavy atom. The fraction of sp³-hybridized carbons (Fsp3) is 0.600. The van der Waals surface area contributed by atoms with Gasteiger partial charge in [0.25, 0.3) is 0 Å². The van der Waals surface area contributed by atoms with Crippen molar-refractivity contribution in [1.29, 1.82) is 0 Å².